The van der Waals surface area contributed by atoms with Gasteiger partial charge in [0.15, 0.2) is 11.6 Å². The van der Waals surface area contributed by atoms with Gasteiger partial charge in [0.1, 0.15) is 0 Å². The van der Waals surface area contributed by atoms with Gasteiger partial charge in [0.2, 0.25) is 10.3 Å². The standard InChI is InChI=1S/C18H22N8O4S2/c1-3-29-13(27)9-31-17-23-21-15(25(17)19)11-7-5-6-8-12(11)16-22-24-18(26(16)20)32-10-14(28)30-4-2/h5-8H,3-4,9-10,19-20H2,1-2H3. The molecular formula is C18H22N8O4S2. The van der Waals surface area contributed by atoms with Crippen molar-refractivity contribution in [3.8, 4) is 22.8 Å². The molecule has 0 amide bonds. The molecule has 0 saturated carbocycles. The highest BCUT2D eigenvalue weighted by molar-refractivity contribution is 8.00. The molecule has 0 saturated heterocycles. The van der Waals surface area contributed by atoms with Crippen LogP contribution >= 0.6 is 23.5 Å². The van der Waals surface area contributed by atoms with E-state index in [4.69, 9.17) is 21.2 Å². The summed E-state index contributed by atoms with van der Waals surface area (Å²) >= 11 is 2.24. The Labute approximate surface area is 192 Å². The molecule has 0 unspecified atom stereocenters. The van der Waals surface area contributed by atoms with E-state index >= 15 is 0 Å². The lowest BCUT2D eigenvalue weighted by molar-refractivity contribution is -0.140. The van der Waals surface area contributed by atoms with Crippen LogP contribution in [0.5, 0.6) is 0 Å². The Morgan fingerprint density at radius 3 is 1.59 bits per heavy atom. The van der Waals surface area contributed by atoms with E-state index in [2.05, 4.69) is 20.4 Å². The van der Waals surface area contributed by atoms with Gasteiger partial charge in [0, 0.05) is 11.1 Å². The van der Waals surface area contributed by atoms with E-state index in [0.717, 1.165) is 23.5 Å². The molecule has 32 heavy (non-hydrogen) atoms. The minimum Gasteiger partial charge on any atom is -0.465 e. The van der Waals surface area contributed by atoms with Gasteiger partial charge in [-0.25, -0.2) is 9.35 Å². The third-order valence-corrected chi connectivity index (χ3v) is 5.82. The number of esters is 2. The molecule has 0 fully saturated rings. The van der Waals surface area contributed by atoms with Gasteiger partial charge < -0.3 is 21.2 Å². The molecule has 0 atom stereocenters. The molecule has 1 aromatic carbocycles. The monoisotopic (exact) mass is 478 g/mol. The molecule has 0 radical (unpaired) electrons. The number of nitrogen functional groups attached to an aromatic ring is 2. The van der Waals surface area contributed by atoms with E-state index < -0.39 is 0 Å². The average molecular weight is 479 g/mol. The lowest BCUT2D eigenvalue weighted by Gasteiger charge is -2.09. The zero-order chi connectivity index (χ0) is 23.1. The van der Waals surface area contributed by atoms with Crippen molar-refractivity contribution in [1.29, 1.82) is 0 Å². The van der Waals surface area contributed by atoms with E-state index in [1.165, 1.54) is 9.35 Å². The third kappa shape index (κ3) is 5.31. The number of ether oxygens (including phenoxy) is 2. The minimum atomic E-state index is -0.369. The first-order chi connectivity index (χ1) is 15.5. The molecule has 0 aliphatic rings. The van der Waals surface area contributed by atoms with E-state index in [1.54, 1.807) is 26.0 Å². The zero-order valence-corrected chi connectivity index (χ0v) is 19.1. The quantitative estimate of drug-likeness (QED) is 0.241. The topological polar surface area (TPSA) is 166 Å². The molecule has 2 aromatic heterocycles. The second kappa shape index (κ2) is 10.9. The van der Waals surface area contributed by atoms with E-state index in [-0.39, 0.29) is 23.4 Å². The van der Waals surface area contributed by atoms with Crippen LogP contribution in [0.4, 0.5) is 0 Å². The highest BCUT2D eigenvalue weighted by atomic mass is 32.2. The molecule has 14 heteroatoms. The zero-order valence-electron chi connectivity index (χ0n) is 17.4. The average Bonchev–Trinajstić information content (AvgIpc) is 3.33. The molecule has 0 aliphatic heterocycles. The molecule has 2 heterocycles. The summed E-state index contributed by atoms with van der Waals surface area (Å²) in [6, 6.07) is 7.21. The number of thioether (sulfide) groups is 2. The minimum absolute atomic E-state index is 0.0585. The maximum Gasteiger partial charge on any atom is 0.316 e. The number of hydrogen-bond donors (Lipinski definition) is 2. The first kappa shape index (κ1) is 23.4. The van der Waals surface area contributed by atoms with E-state index in [9.17, 15) is 9.59 Å². The fourth-order valence-electron chi connectivity index (χ4n) is 2.64. The maximum absolute atomic E-state index is 11.6. The number of nitrogens with two attached hydrogens (primary N) is 2. The fourth-order valence-corrected chi connectivity index (χ4v) is 3.95. The summed E-state index contributed by atoms with van der Waals surface area (Å²) in [5.74, 6) is 12.5. The Balaban J connectivity index is 1.85. The largest absolute Gasteiger partial charge is 0.465 e. The number of carbonyl (C=O) groups excluding carboxylic acids is 2. The SMILES string of the molecule is CCOC(=O)CSc1nnc(-c2ccccc2-c2nnc(SCC(=O)OCC)n2N)n1N. The van der Waals surface area contributed by atoms with Crippen molar-refractivity contribution < 1.29 is 19.1 Å². The number of benzene rings is 1. The van der Waals surface area contributed by atoms with E-state index in [0.29, 0.717) is 46.3 Å². The Kier molecular flexibility index (Phi) is 7.94. The molecule has 0 aliphatic carbocycles. The Morgan fingerprint density at radius 1 is 0.812 bits per heavy atom. The van der Waals surface area contributed by atoms with Gasteiger partial charge in [-0.15, -0.1) is 20.4 Å². The fraction of sp³-hybridized carbons (Fsp3) is 0.333. The van der Waals surface area contributed by atoms with Gasteiger partial charge in [0.25, 0.3) is 0 Å². The van der Waals surface area contributed by atoms with Crippen molar-refractivity contribution in [3.05, 3.63) is 24.3 Å². The van der Waals surface area contributed by atoms with Gasteiger partial charge >= 0.3 is 11.9 Å². The van der Waals surface area contributed by atoms with Crippen LogP contribution < -0.4 is 11.7 Å². The normalized spacial score (nSPS) is 10.8. The summed E-state index contributed by atoms with van der Waals surface area (Å²) in [5.41, 5.74) is 1.23. The van der Waals surface area contributed by atoms with Gasteiger partial charge in [-0.1, -0.05) is 47.8 Å². The summed E-state index contributed by atoms with van der Waals surface area (Å²) in [6.45, 7) is 4.07. The molecule has 0 spiro atoms. The molecular weight excluding hydrogens is 456 g/mol. The van der Waals surface area contributed by atoms with Crippen LogP contribution in [0.15, 0.2) is 34.6 Å². The van der Waals surface area contributed by atoms with Crippen LogP contribution in [0.2, 0.25) is 0 Å². The summed E-state index contributed by atoms with van der Waals surface area (Å²) in [4.78, 5) is 23.2. The van der Waals surface area contributed by atoms with Gasteiger partial charge in [0.05, 0.1) is 24.7 Å². The highest BCUT2D eigenvalue weighted by Gasteiger charge is 2.21. The van der Waals surface area contributed by atoms with Crippen LogP contribution in [0.25, 0.3) is 22.8 Å². The first-order valence-corrected chi connectivity index (χ1v) is 11.5. The lowest BCUT2D eigenvalue weighted by Crippen LogP contribution is -2.15. The maximum atomic E-state index is 11.6. The first-order valence-electron chi connectivity index (χ1n) is 9.53. The number of rotatable bonds is 10. The van der Waals surface area contributed by atoms with Gasteiger partial charge in [-0.05, 0) is 13.8 Å². The second-order valence-electron chi connectivity index (χ2n) is 6.09. The number of carbonyl (C=O) groups is 2. The van der Waals surface area contributed by atoms with Crippen LogP contribution in [0, 0.1) is 0 Å². The molecule has 0 bridgehead atoms. The molecule has 170 valence electrons. The smallest absolute Gasteiger partial charge is 0.316 e. The van der Waals surface area contributed by atoms with E-state index in [1.807, 2.05) is 12.1 Å². The van der Waals surface area contributed by atoms with Crippen molar-refractivity contribution in [1.82, 2.24) is 29.7 Å². The highest BCUT2D eigenvalue weighted by Crippen LogP contribution is 2.31. The molecule has 4 N–H and O–H groups in total. The van der Waals surface area contributed by atoms with Crippen molar-refractivity contribution in [3.63, 3.8) is 0 Å². The molecule has 3 rings (SSSR count). The molecule has 3 aromatic rings. The van der Waals surface area contributed by atoms with Crippen LogP contribution in [-0.4, -0.2) is 66.4 Å². The Bertz CT molecular complexity index is 1020. The van der Waals surface area contributed by atoms with Crippen molar-refractivity contribution in [2.45, 2.75) is 24.2 Å². The molecule has 12 nitrogen and oxygen atoms in total. The number of aromatic nitrogens is 6. The summed E-state index contributed by atoms with van der Waals surface area (Å²) < 4.78 is 12.4. The summed E-state index contributed by atoms with van der Waals surface area (Å²) in [7, 11) is 0. The Hall–Kier alpha value is -3.26. The van der Waals surface area contributed by atoms with Gasteiger partial charge in [-0.2, -0.15) is 0 Å². The predicted molar refractivity (Wildman–Crippen MR) is 119 cm³/mol. The van der Waals surface area contributed by atoms with Crippen LogP contribution in [0.1, 0.15) is 13.8 Å². The predicted octanol–water partition coefficient (Wildman–Crippen LogP) is 0.942. The lowest BCUT2D eigenvalue weighted by atomic mass is 10.1. The van der Waals surface area contributed by atoms with Crippen molar-refractivity contribution in [2.75, 3.05) is 36.4 Å². The number of nitrogens with zero attached hydrogens (tertiary/aromatic N) is 6. The number of hydrogen-bond acceptors (Lipinski definition) is 12. The van der Waals surface area contributed by atoms with Crippen LogP contribution in [-0.2, 0) is 19.1 Å². The third-order valence-electron chi connectivity index (χ3n) is 3.99. The summed E-state index contributed by atoms with van der Waals surface area (Å²) in [6.07, 6.45) is 0. The van der Waals surface area contributed by atoms with Crippen molar-refractivity contribution in [2.24, 2.45) is 0 Å². The Morgan fingerprint density at radius 2 is 1.22 bits per heavy atom. The second-order valence-corrected chi connectivity index (χ2v) is 7.97. The summed E-state index contributed by atoms with van der Waals surface area (Å²) in [5, 5.41) is 17.2. The van der Waals surface area contributed by atoms with Crippen LogP contribution in [0.3, 0.4) is 0 Å². The van der Waals surface area contributed by atoms with Crippen molar-refractivity contribution >= 4 is 35.5 Å². The van der Waals surface area contributed by atoms with Gasteiger partial charge in [-0.3, -0.25) is 9.59 Å².